The second-order valence-electron chi connectivity index (χ2n) is 5.17. The molecule has 0 bridgehead atoms. The SMILES string of the molecule is COc1ccc(C(CCN(C)C)c2ccccn2)cc1. The molecule has 0 aliphatic heterocycles. The molecule has 0 fully saturated rings. The van der Waals surface area contributed by atoms with Crippen LogP contribution in [0.25, 0.3) is 0 Å². The van der Waals surface area contributed by atoms with Crippen molar-refractivity contribution in [3.05, 3.63) is 59.9 Å². The lowest BCUT2D eigenvalue weighted by Crippen LogP contribution is -2.17. The summed E-state index contributed by atoms with van der Waals surface area (Å²) in [6, 6.07) is 14.4. The maximum absolute atomic E-state index is 5.23. The Kier molecular flexibility index (Phi) is 5.13. The summed E-state index contributed by atoms with van der Waals surface area (Å²) >= 11 is 0. The van der Waals surface area contributed by atoms with Crippen molar-refractivity contribution in [2.45, 2.75) is 12.3 Å². The van der Waals surface area contributed by atoms with Crippen molar-refractivity contribution in [1.82, 2.24) is 9.88 Å². The van der Waals surface area contributed by atoms with Crippen molar-refractivity contribution in [1.29, 1.82) is 0 Å². The van der Waals surface area contributed by atoms with E-state index in [-0.39, 0.29) is 0 Å². The van der Waals surface area contributed by atoms with Gasteiger partial charge in [-0.3, -0.25) is 4.98 Å². The molecule has 1 aromatic carbocycles. The van der Waals surface area contributed by atoms with Gasteiger partial charge in [-0.1, -0.05) is 18.2 Å². The third kappa shape index (κ3) is 3.81. The summed E-state index contributed by atoms with van der Waals surface area (Å²) in [4.78, 5) is 6.73. The Morgan fingerprint density at radius 2 is 1.85 bits per heavy atom. The first-order chi connectivity index (χ1) is 9.70. The smallest absolute Gasteiger partial charge is 0.118 e. The predicted molar refractivity (Wildman–Crippen MR) is 82.2 cm³/mol. The van der Waals surface area contributed by atoms with Crippen LogP contribution in [0, 0.1) is 0 Å². The van der Waals surface area contributed by atoms with Crippen LogP contribution in [-0.4, -0.2) is 37.6 Å². The van der Waals surface area contributed by atoms with E-state index in [0.29, 0.717) is 5.92 Å². The number of methoxy groups -OCH3 is 1. The molecule has 20 heavy (non-hydrogen) atoms. The minimum atomic E-state index is 0.324. The van der Waals surface area contributed by atoms with Crippen LogP contribution in [0.15, 0.2) is 48.7 Å². The van der Waals surface area contributed by atoms with Gasteiger partial charge in [-0.25, -0.2) is 0 Å². The normalized spacial score (nSPS) is 12.4. The molecular weight excluding hydrogens is 248 g/mol. The van der Waals surface area contributed by atoms with Gasteiger partial charge in [0.1, 0.15) is 5.75 Å². The summed E-state index contributed by atoms with van der Waals surface area (Å²) in [6.45, 7) is 1.03. The van der Waals surface area contributed by atoms with E-state index < -0.39 is 0 Å². The van der Waals surface area contributed by atoms with E-state index in [1.54, 1.807) is 7.11 Å². The van der Waals surface area contributed by atoms with Gasteiger partial charge in [-0.05, 0) is 56.9 Å². The van der Waals surface area contributed by atoms with Crippen LogP contribution in [0.3, 0.4) is 0 Å². The highest BCUT2D eigenvalue weighted by atomic mass is 16.5. The summed E-state index contributed by atoms with van der Waals surface area (Å²) in [5.74, 6) is 1.21. The van der Waals surface area contributed by atoms with Crippen molar-refractivity contribution in [3.8, 4) is 5.75 Å². The molecule has 3 nitrogen and oxygen atoms in total. The van der Waals surface area contributed by atoms with E-state index in [0.717, 1.165) is 24.4 Å². The first-order valence-corrected chi connectivity index (χ1v) is 6.90. The van der Waals surface area contributed by atoms with Gasteiger partial charge >= 0.3 is 0 Å². The van der Waals surface area contributed by atoms with E-state index >= 15 is 0 Å². The molecule has 2 rings (SSSR count). The molecular formula is C17H22N2O. The minimum absolute atomic E-state index is 0.324. The first-order valence-electron chi connectivity index (χ1n) is 6.90. The summed E-state index contributed by atoms with van der Waals surface area (Å²) in [7, 11) is 5.89. The monoisotopic (exact) mass is 270 g/mol. The molecule has 0 amide bonds. The van der Waals surface area contributed by atoms with Gasteiger partial charge in [-0.15, -0.1) is 0 Å². The molecule has 1 heterocycles. The maximum atomic E-state index is 5.23. The van der Waals surface area contributed by atoms with Crippen LogP contribution < -0.4 is 4.74 Å². The van der Waals surface area contributed by atoms with Crippen LogP contribution in [0.2, 0.25) is 0 Å². The van der Waals surface area contributed by atoms with E-state index in [2.05, 4.69) is 48.2 Å². The number of nitrogens with zero attached hydrogens (tertiary/aromatic N) is 2. The van der Waals surface area contributed by atoms with Crippen LogP contribution in [-0.2, 0) is 0 Å². The predicted octanol–water partition coefficient (Wildman–Crippen LogP) is 3.17. The number of hydrogen-bond acceptors (Lipinski definition) is 3. The number of hydrogen-bond donors (Lipinski definition) is 0. The average Bonchev–Trinajstić information content (AvgIpc) is 2.49. The quantitative estimate of drug-likeness (QED) is 0.806. The summed E-state index contributed by atoms with van der Waals surface area (Å²) < 4.78 is 5.23. The van der Waals surface area contributed by atoms with E-state index in [1.165, 1.54) is 5.56 Å². The lowest BCUT2D eigenvalue weighted by Gasteiger charge is -2.19. The van der Waals surface area contributed by atoms with Gasteiger partial charge in [-0.2, -0.15) is 0 Å². The van der Waals surface area contributed by atoms with Crippen molar-refractivity contribution in [2.24, 2.45) is 0 Å². The van der Waals surface area contributed by atoms with Gasteiger partial charge in [0.05, 0.1) is 7.11 Å². The third-order valence-electron chi connectivity index (χ3n) is 3.43. The number of aromatic nitrogens is 1. The second-order valence-corrected chi connectivity index (χ2v) is 5.17. The van der Waals surface area contributed by atoms with Gasteiger partial charge in [0.25, 0.3) is 0 Å². The molecule has 0 radical (unpaired) electrons. The molecule has 2 aromatic rings. The second kappa shape index (κ2) is 7.06. The molecule has 1 atom stereocenters. The van der Waals surface area contributed by atoms with Gasteiger partial charge in [0.15, 0.2) is 0 Å². The number of pyridine rings is 1. The zero-order valence-corrected chi connectivity index (χ0v) is 12.4. The molecule has 0 saturated carbocycles. The summed E-state index contributed by atoms with van der Waals surface area (Å²) in [5.41, 5.74) is 2.41. The molecule has 0 N–H and O–H groups in total. The Balaban J connectivity index is 2.25. The van der Waals surface area contributed by atoms with Crippen molar-refractivity contribution in [3.63, 3.8) is 0 Å². The number of rotatable bonds is 6. The molecule has 0 aliphatic rings. The van der Waals surface area contributed by atoms with Crippen molar-refractivity contribution in [2.75, 3.05) is 27.7 Å². The third-order valence-corrected chi connectivity index (χ3v) is 3.43. The lowest BCUT2D eigenvalue weighted by molar-refractivity contribution is 0.389. The fraction of sp³-hybridized carbons (Fsp3) is 0.353. The Morgan fingerprint density at radius 3 is 2.40 bits per heavy atom. The fourth-order valence-corrected chi connectivity index (χ4v) is 2.29. The minimum Gasteiger partial charge on any atom is -0.497 e. The maximum Gasteiger partial charge on any atom is 0.118 e. The van der Waals surface area contributed by atoms with E-state index in [4.69, 9.17) is 4.74 Å². The molecule has 3 heteroatoms. The Bertz CT molecular complexity index is 508. The van der Waals surface area contributed by atoms with E-state index in [9.17, 15) is 0 Å². The Hall–Kier alpha value is -1.87. The van der Waals surface area contributed by atoms with E-state index in [1.807, 2.05) is 24.4 Å². The number of ether oxygens (including phenoxy) is 1. The highest BCUT2D eigenvalue weighted by Crippen LogP contribution is 2.28. The highest BCUT2D eigenvalue weighted by molar-refractivity contribution is 5.33. The Morgan fingerprint density at radius 1 is 1.10 bits per heavy atom. The topological polar surface area (TPSA) is 25.4 Å². The van der Waals surface area contributed by atoms with Crippen LogP contribution >= 0.6 is 0 Å². The number of benzene rings is 1. The lowest BCUT2D eigenvalue weighted by atomic mass is 9.92. The Labute approximate surface area is 121 Å². The standard InChI is InChI=1S/C17H22N2O/c1-19(2)13-11-16(17-6-4-5-12-18-17)14-7-9-15(20-3)10-8-14/h4-10,12,16H,11,13H2,1-3H3. The zero-order valence-electron chi connectivity index (χ0n) is 12.4. The van der Waals surface area contributed by atoms with Crippen LogP contribution in [0.5, 0.6) is 5.75 Å². The first kappa shape index (κ1) is 14.5. The summed E-state index contributed by atoms with van der Waals surface area (Å²) in [6.07, 6.45) is 2.91. The van der Waals surface area contributed by atoms with Crippen molar-refractivity contribution >= 4 is 0 Å². The van der Waals surface area contributed by atoms with Crippen molar-refractivity contribution < 1.29 is 4.74 Å². The van der Waals surface area contributed by atoms with Gasteiger partial charge in [0.2, 0.25) is 0 Å². The summed E-state index contributed by atoms with van der Waals surface area (Å²) in [5, 5.41) is 0. The highest BCUT2D eigenvalue weighted by Gasteiger charge is 2.15. The molecule has 1 aromatic heterocycles. The fourth-order valence-electron chi connectivity index (χ4n) is 2.29. The molecule has 0 spiro atoms. The molecule has 0 saturated heterocycles. The largest absolute Gasteiger partial charge is 0.497 e. The van der Waals surface area contributed by atoms with Gasteiger partial charge in [0, 0.05) is 17.8 Å². The zero-order chi connectivity index (χ0) is 14.4. The molecule has 106 valence electrons. The molecule has 0 aliphatic carbocycles. The average molecular weight is 270 g/mol. The van der Waals surface area contributed by atoms with Crippen LogP contribution in [0.1, 0.15) is 23.6 Å². The van der Waals surface area contributed by atoms with Crippen LogP contribution in [0.4, 0.5) is 0 Å². The van der Waals surface area contributed by atoms with Gasteiger partial charge < -0.3 is 9.64 Å². The molecule has 1 unspecified atom stereocenters.